The molecule has 0 spiro atoms. The molecule has 2 rings (SSSR count). The van der Waals surface area contributed by atoms with E-state index in [0.29, 0.717) is 5.56 Å². The Morgan fingerprint density at radius 2 is 1.86 bits per heavy atom. The Bertz CT molecular complexity index is 816. The summed E-state index contributed by atoms with van der Waals surface area (Å²) in [7, 11) is -3.24. The molecular weight excluding hydrogens is 304 g/mol. The van der Waals surface area contributed by atoms with E-state index < -0.39 is 14.8 Å². The van der Waals surface area contributed by atoms with Crippen molar-refractivity contribution < 1.29 is 13.3 Å². The topological polar surface area (TPSA) is 89.3 Å². The number of hydrogen-bond donors (Lipinski definition) is 1. The molecule has 2 aromatic rings. The van der Waals surface area contributed by atoms with Crippen molar-refractivity contribution in [3.63, 3.8) is 0 Å². The molecule has 0 aromatic heterocycles. The lowest BCUT2D eigenvalue weighted by Gasteiger charge is -2.11. The highest BCUT2D eigenvalue weighted by Crippen LogP contribution is 2.23. The Hall–Kier alpha value is -2.41. The van der Waals surface area contributed by atoms with Crippen LogP contribution in [0.15, 0.2) is 47.4 Å². The maximum absolute atomic E-state index is 11.5. The summed E-state index contributed by atoms with van der Waals surface area (Å²) in [6, 6.07) is 11.3. The van der Waals surface area contributed by atoms with E-state index in [0.717, 1.165) is 17.5 Å². The fourth-order valence-electron chi connectivity index (χ4n) is 2.09. The molecule has 0 bridgehead atoms. The van der Waals surface area contributed by atoms with Crippen molar-refractivity contribution in [3.05, 3.63) is 63.7 Å². The number of sulfone groups is 1. The van der Waals surface area contributed by atoms with Crippen molar-refractivity contribution in [2.24, 2.45) is 0 Å². The van der Waals surface area contributed by atoms with Gasteiger partial charge >= 0.3 is 0 Å². The van der Waals surface area contributed by atoms with Gasteiger partial charge in [0.25, 0.3) is 5.69 Å². The molecule has 0 atom stereocenters. The Balaban J connectivity index is 2.21. The maximum atomic E-state index is 11.5. The first-order valence-corrected chi connectivity index (χ1v) is 8.45. The van der Waals surface area contributed by atoms with E-state index in [1.807, 2.05) is 0 Å². The first kappa shape index (κ1) is 16.0. The van der Waals surface area contributed by atoms with Crippen molar-refractivity contribution in [1.29, 1.82) is 0 Å². The van der Waals surface area contributed by atoms with Crippen LogP contribution in [0.3, 0.4) is 0 Å². The summed E-state index contributed by atoms with van der Waals surface area (Å²) >= 11 is 0. The van der Waals surface area contributed by atoms with Gasteiger partial charge in [0.15, 0.2) is 9.84 Å². The molecule has 116 valence electrons. The molecule has 22 heavy (non-hydrogen) atoms. The number of para-hydroxylation sites is 1. The van der Waals surface area contributed by atoms with Crippen LogP contribution in [0.4, 0.5) is 11.4 Å². The third-order valence-electron chi connectivity index (χ3n) is 3.28. The summed E-state index contributed by atoms with van der Waals surface area (Å²) in [5.41, 5.74) is 2.13. The quantitative estimate of drug-likeness (QED) is 0.676. The zero-order valence-electron chi connectivity index (χ0n) is 12.2. The highest BCUT2D eigenvalue weighted by atomic mass is 32.2. The number of hydrogen-bond acceptors (Lipinski definition) is 5. The van der Waals surface area contributed by atoms with Crippen molar-refractivity contribution in [3.8, 4) is 0 Å². The largest absolute Gasteiger partial charge is 0.380 e. The van der Waals surface area contributed by atoms with Crippen LogP contribution in [0.5, 0.6) is 0 Å². The number of anilines is 1. The first-order chi connectivity index (χ1) is 10.3. The van der Waals surface area contributed by atoms with Crippen LogP contribution in [0.1, 0.15) is 11.1 Å². The maximum Gasteiger partial charge on any atom is 0.274 e. The van der Waals surface area contributed by atoms with Gasteiger partial charge in [-0.1, -0.05) is 18.2 Å². The molecule has 0 fully saturated rings. The van der Waals surface area contributed by atoms with E-state index in [-0.39, 0.29) is 17.1 Å². The fourth-order valence-corrected chi connectivity index (χ4v) is 2.80. The zero-order valence-corrected chi connectivity index (χ0v) is 13.1. The molecule has 0 unspecified atom stereocenters. The standard InChI is InChI=1S/C15H16N2O4S/c1-11-9-13(22(2,20)21)7-8-14(11)16-10-12-5-3-4-6-15(12)17(18)19/h3-9,16H,10H2,1-2H3. The molecule has 2 aromatic carbocycles. The van der Waals surface area contributed by atoms with Gasteiger partial charge < -0.3 is 5.32 Å². The number of rotatable bonds is 5. The lowest BCUT2D eigenvalue weighted by Crippen LogP contribution is -2.05. The van der Waals surface area contributed by atoms with Gasteiger partial charge in [-0.3, -0.25) is 10.1 Å². The SMILES string of the molecule is Cc1cc(S(C)(=O)=O)ccc1NCc1ccccc1[N+](=O)[O-]. The smallest absolute Gasteiger partial charge is 0.274 e. The van der Waals surface area contributed by atoms with Crippen molar-refractivity contribution in [2.45, 2.75) is 18.4 Å². The number of aryl methyl sites for hydroxylation is 1. The monoisotopic (exact) mass is 320 g/mol. The van der Waals surface area contributed by atoms with Gasteiger partial charge in [-0.05, 0) is 30.7 Å². The summed E-state index contributed by atoms with van der Waals surface area (Å²) in [6.45, 7) is 2.08. The number of benzene rings is 2. The summed E-state index contributed by atoms with van der Waals surface area (Å²) < 4.78 is 23.0. The average molecular weight is 320 g/mol. The number of nitrogens with zero attached hydrogens (tertiary/aromatic N) is 1. The predicted octanol–water partition coefficient (Wildman–Crippen LogP) is 2.92. The highest BCUT2D eigenvalue weighted by molar-refractivity contribution is 7.90. The Morgan fingerprint density at radius 1 is 1.18 bits per heavy atom. The molecule has 6 nitrogen and oxygen atoms in total. The number of nitro groups is 1. The third-order valence-corrected chi connectivity index (χ3v) is 4.39. The zero-order chi connectivity index (χ0) is 16.3. The number of nitrogens with one attached hydrogen (secondary N) is 1. The summed E-state index contributed by atoms with van der Waals surface area (Å²) in [4.78, 5) is 10.8. The molecule has 0 saturated carbocycles. The van der Waals surface area contributed by atoms with Crippen LogP contribution in [-0.2, 0) is 16.4 Å². The van der Waals surface area contributed by atoms with E-state index in [2.05, 4.69) is 5.32 Å². The van der Waals surface area contributed by atoms with E-state index in [9.17, 15) is 18.5 Å². The predicted molar refractivity (Wildman–Crippen MR) is 84.7 cm³/mol. The Labute approximate surface area is 128 Å². The van der Waals surface area contributed by atoms with Crippen molar-refractivity contribution in [2.75, 3.05) is 11.6 Å². The minimum atomic E-state index is -3.24. The van der Waals surface area contributed by atoms with Crippen LogP contribution >= 0.6 is 0 Å². The average Bonchev–Trinajstić information content (AvgIpc) is 2.45. The minimum Gasteiger partial charge on any atom is -0.380 e. The van der Waals surface area contributed by atoms with Gasteiger partial charge in [-0.15, -0.1) is 0 Å². The van der Waals surface area contributed by atoms with Crippen LogP contribution in [0.25, 0.3) is 0 Å². The van der Waals surface area contributed by atoms with E-state index >= 15 is 0 Å². The molecule has 0 aliphatic heterocycles. The Morgan fingerprint density at radius 3 is 2.45 bits per heavy atom. The summed E-state index contributed by atoms with van der Waals surface area (Å²) in [5, 5.41) is 14.1. The van der Waals surface area contributed by atoms with Crippen molar-refractivity contribution >= 4 is 21.2 Å². The lowest BCUT2D eigenvalue weighted by atomic mass is 10.1. The molecule has 1 N–H and O–H groups in total. The van der Waals surface area contributed by atoms with Gasteiger partial charge in [0, 0.05) is 30.1 Å². The summed E-state index contributed by atoms with van der Waals surface area (Å²) in [6.07, 6.45) is 1.15. The molecule has 7 heteroatoms. The Kier molecular flexibility index (Phi) is 4.46. The number of nitro benzene ring substituents is 1. The van der Waals surface area contributed by atoms with Gasteiger partial charge in [0.2, 0.25) is 0 Å². The van der Waals surface area contributed by atoms with Gasteiger partial charge in [-0.25, -0.2) is 8.42 Å². The van der Waals surface area contributed by atoms with Crippen LogP contribution in [-0.4, -0.2) is 19.6 Å². The molecule has 0 saturated heterocycles. The van der Waals surface area contributed by atoms with Gasteiger partial charge in [0.1, 0.15) is 0 Å². The minimum absolute atomic E-state index is 0.0559. The van der Waals surface area contributed by atoms with E-state index in [4.69, 9.17) is 0 Å². The van der Waals surface area contributed by atoms with Crippen LogP contribution in [0, 0.1) is 17.0 Å². The molecule has 0 amide bonds. The first-order valence-electron chi connectivity index (χ1n) is 6.56. The molecule has 0 aliphatic carbocycles. The van der Waals surface area contributed by atoms with E-state index in [1.165, 1.54) is 12.1 Å². The summed E-state index contributed by atoms with van der Waals surface area (Å²) in [5.74, 6) is 0. The lowest BCUT2D eigenvalue weighted by molar-refractivity contribution is -0.385. The van der Waals surface area contributed by atoms with Crippen LogP contribution in [0.2, 0.25) is 0 Å². The van der Waals surface area contributed by atoms with Gasteiger partial charge in [-0.2, -0.15) is 0 Å². The fraction of sp³-hybridized carbons (Fsp3) is 0.200. The molecule has 0 radical (unpaired) electrons. The molecular formula is C15H16N2O4S. The normalized spacial score (nSPS) is 11.2. The molecule has 0 heterocycles. The molecule has 0 aliphatic rings. The highest BCUT2D eigenvalue weighted by Gasteiger charge is 2.13. The van der Waals surface area contributed by atoms with Crippen molar-refractivity contribution in [1.82, 2.24) is 0 Å². The van der Waals surface area contributed by atoms with Gasteiger partial charge in [0.05, 0.1) is 9.82 Å². The second-order valence-electron chi connectivity index (χ2n) is 4.99. The third kappa shape index (κ3) is 3.62. The second kappa shape index (κ2) is 6.15. The van der Waals surface area contributed by atoms with Crippen LogP contribution < -0.4 is 5.32 Å². The van der Waals surface area contributed by atoms with E-state index in [1.54, 1.807) is 37.3 Å². The second-order valence-corrected chi connectivity index (χ2v) is 7.00.